The molecule has 1 amide bonds. The molecule has 0 saturated carbocycles. The van der Waals surface area contributed by atoms with Gasteiger partial charge in [-0.05, 0) is 60.2 Å². The van der Waals surface area contributed by atoms with Crippen molar-refractivity contribution in [3.8, 4) is 11.3 Å². The second kappa shape index (κ2) is 8.64. The first-order chi connectivity index (χ1) is 16.4. The average molecular weight is 475 g/mol. The van der Waals surface area contributed by atoms with Crippen LogP contribution in [-0.2, 0) is 16.6 Å². The molecule has 0 aliphatic carbocycles. The third-order valence-corrected chi connectivity index (χ3v) is 7.19. The van der Waals surface area contributed by atoms with Crippen LogP contribution in [-0.4, -0.2) is 18.3 Å². The molecule has 5 aromatic rings. The quantitative estimate of drug-likeness (QED) is 0.366. The highest BCUT2D eigenvalue weighted by molar-refractivity contribution is 7.90. The number of rotatable bonds is 6. The number of benzene rings is 3. The topological polar surface area (TPSA) is 81.3 Å². The van der Waals surface area contributed by atoms with E-state index in [9.17, 15) is 17.6 Å². The maximum atomic E-state index is 13.5. The van der Waals surface area contributed by atoms with E-state index in [0.29, 0.717) is 22.4 Å². The first kappa shape index (κ1) is 21.7. The number of para-hydroxylation sites is 1. The van der Waals surface area contributed by atoms with Gasteiger partial charge in [0, 0.05) is 29.3 Å². The van der Waals surface area contributed by atoms with Gasteiger partial charge in [0.1, 0.15) is 11.6 Å². The number of nitrogens with one attached hydrogen (secondary N) is 1. The highest BCUT2D eigenvalue weighted by Crippen LogP contribution is 2.33. The lowest BCUT2D eigenvalue weighted by molar-refractivity contribution is 0.0951. The van der Waals surface area contributed by atoms with Crippen LogP contribution in [0.5, 0.6) is 0 Å². The number of furan rings is 1. The van der Waals surface area contributed by atoms with Crippen molar-refractivity contribution in [1.29, 1.82) is 0 Å². The number of hydrogen-bond donors (Lipinski definition) is 1. The summed E-state index contributed by atoms with van der Waals surface area (Å²) in [6, 6.07) is 22.3. The number of fused-ring (bicyclic) bond motifs is 1. The van der Waals surface area contributed by atoms with Gasteiger partial charge in [-0.2, -0.15) is 0 Å². The van der Waals surface area contributed by atoms with Crippen LogP contribution in [0, 0.1) is 5.82 Å². The van der Waals surface area contributed by atoms with Crippen molar-refractivity contribution < 1.29 is 22.0 Å². The Bertz CT molecular complexity index is 1570. The fraction of sp³-hybridized carbons (Fsp3) is 0.0385. The molecule has 0 atom stereocenters. The molecule has 8 heteroatoms. The molecule has 0 unspecified atom stereocenters. The molecule has 3 aromatic carbocycles. The van der Waals surface area contributed by atoms with E-state index in [1.165, 1.54) is 46.6 Å². The molecule has 2 aromatic heterocycles. The Labute approximate surface area is 195 Å². The van der Waals surface area contributed by atoms with Crippen molar-refractivity contribution in [2.24, 2.45) is 0 Å². The second-order valence-electron chi connectivity index (χ2n) is 7.67. The minimum atomic E-state index is -3.93. The summed E-state index contributed by atoms with van der Waals surface area (Å²) >= 11 is 0. The molecule has 0 saturated heterocycles. The van der Waals surface area contributed by atoms with Gasteiger partial charge in [0.25, 0.3) is 15.9 Å². The molecule has 2 heterocycles. The Morgan fingerprint density at radius 2 is 1.65 bits per heavy atom. The monoisotopic (exact) mass is 474 g/mol. The first-order valence-electron chi connectivity index (χ1n) is 10.5. The second-order valence-corrected chi connectivity index (χ2v) is 9.49. The van der Waals surface area contributed by atoms with Gasteiger partial charge in [-0.3, -0.25) is 4.79 Å². The Morgan fingerprint density at radius 3 is 2.35 bits per heavy atom. The van der Waals surface area contributed by atoms with E-state index in [0.717, 1.165) is 10.9 Å². The summed E-state index contributed by atoms with van der Waals surface area (Å²) in [6.45, 7) is 0.226. The fourth-order valence-electron chi connectivity index (χ4n) is 3.76. The van der Waals surface area contributed by atoms with Crippen molar-refractivity contribution in [1.82, 2.24) is 9.29 Å². The third-order valence-electron chi connectivity index (χ3n) is 5.50. The van der Waals surface area contributed by atoms with Crippen LogP contribution in [0.3, 0.4) is 0 Å². The number of carbonyl (C=O) groups excluding carboxylic acids is 1. The largest absolute Gasteiger partial charge is 0.464 e. The third kappa shape index (κ3) is 3.99. The molecular formula is C26H19FN2O4S. The van der Waals surface area contributed by atoms with Crippen molar-refractivity contribution in [3.63, 3.8) is 0 Å². The normalized spacial score (nSPS) is 11.6. The fourth-order valence-corrected chi connectivity index (χ4v) is 5.12. The maximum absolute atomic E-state index is 13.5. The number of halogens is 1. The molecule has 1 N–H and O–H groups in total. The Hall–Kier alpha value is -4.17. The van der Waals surface area contributed by atoms with Gasteiger partial charge in [0.2, 0.25) is 0 Å². The standard InChI is InChI=1S/C26H19FN2O4S/c27-20-11-7-18(8-12-20)16-28-26(30)19-9-13-21(14-10-19)34(31,32)29-17-23(25-6-3-15-33-25)22-4-1-2-5-24(22)29/h1-15,17H,16H2,(H,28,30). The van der Waals surface area contributed by atoms with Gasteiger partial charge in [0.05, 0.1) is 16.7 Å². The zero-order valence-corrected chi connectivity index (χ0v) is 18.6. The summed E-state index contributed by atoms with van der Waals surface area (Å²) in [5.41, 5.74) is 2.26. The molecule has 34 heavy (non-hydrogen) atoms. The summed E-state index contributed by atoms with van der Waals surface area (Å²) in [4.78, 5) is 12.5. The highest BCUT2D eigenvalue weighted by atomic mass is 32.2. The van der Waals surface area contributed by atoms with E-state index >= 15 is 0 Å². The van der Waals surface area contributed by atoms with Gasteiger partial charge >= 0.3 is 0 Å². The van der Waals surface area contributed by atoms with E-state index < -0.39 is 10.0 Å². The van der Waals surface area contributed by atoms with Crippen LogP contribution in [0.15, 0.2) is 107 Å². The van der Waals surface area contributed by atoms with Crippen LogP contribution in [0.4, 0.5) is 4.39 Å². The molecule has 170 valence electrons. The summed E-state index contributed by atoms with van der Waals surface area (Å²) in [6.07, 6.45) is 3.08. The van der Waals surface area contributed by atoms with Gasteiger partial charge in [-0.25, -0.2) is 16.8 Å². The zero-order chi connectivity index (χ0) is 23.7. The highest BCUT2D eigenvalue weighted by Gasteiger charge is 2.23. The minimum Gasteiger partial charge on any atom is -0.464 e. The SMILES string of the molecule is O=C(NCc1ccc(F)cc1)c1ccc(S(=O)(=O)n2cc(-c3ccco3)c3ccccc32)cc1. The van der Waals surface area contributed by atoms with Gasteiger partial charge in [0.15, 0.2) is 0 Å². The van der Waals surface area contributed by atoms with E-state index in [1.807, 2.05) is 12.1 Å². The number of carbonyl (C=O) groups is 1. The minimum absolute atomic E-state index is 0.0503. The van der Waals surface area contributed by atoms with Crippen LogP contribution in [0.2, 0.25) is 0 Å². The lowest BCUT2D eigenvalue weighted by Gasteiger charge is -2.09. The molecule has 0 spiro atoms. The summed E-state index contributed by atoms with van der Waals surface area (Å²) in [7, 11) is -3.93. The predicted molar refractivity (Wildman–Crippen MR) is 126 cm³/mol. The lowest BCUT2D eigenvalue weighted by Crippen LogP contribution is -2.22. The lowest BCUT2D eigenvalue weighted by atomic mass is 10.1. The van der Waals surface area contributed by atoms with Crippen LogP contribution in [0.25, 0.3) is 22.2 Å². The molecular weight excluding hydrogens is 455 g/mol. The smallest absolute Gasteiger partial charge is 0.268 e. The molecule has 6 nitrogen and oxygen atoms in total. The first-order valence-corrected chi connectivity index (χ1v) is 11.9. The Balaban J connectivity index is 1.41. The molecule has 0 bridgehead atoms. The van der Waals surface area contributed by atoms with Crippen molar-refractivity contribution in [3.05, 3.63) is 114 Å². The molecule has 0 aliphatic rings. The molecule has 0 fully saturated rings. The van der Waals surface area contributed by atoms with E-state index in [2.05, 4.69) is 5.32 Å². The van der Waals surface area contributed by atoms with E-state index in [1.54, 1.807) is 42.6 Å². The van der Waals surface area contributed by atoms with Crippen molar-refractivity contribution in [2.45, 2.75) is 11.4 Å². The number of amides is 1. The molecule has 0 aliphatic heterocycles. The van der Waals surface area contributed by atoms with E-state index in [-0.39, 0.29) is 23.2 Å². The Morgan fingerprint density at radius 1 is 0.912 bits per heavy atom. The average Bonchev–Trinajstić information content (AvgIpc) is 3.52. The summed E-state index contributed by atoms with van der Waals surface area (Å²) < 4.78 is 46.6. The summed E-state index contributed by atoms with van der Waals surface area (Å²) in [5.74, 6) is -0.142. The van der Waals surface area contributed by atoms with Gasteiger partial charge in [-0.15, -0.1) is 0 Å². The van der Waals surface area contributed by atoms with Crippen LogP contribution < -0.4 is 5.32 Å². The molecule has 0 radical (unpaired) electrons. The number of aromatic nitrogens is 1. The van der Waals surface area contributed by atoms with Gasteiger partial charge < -0.3 is 9.73 Å². The number of hydrogen-bond acceptors (Lipinski definition) is 4. The van der Waals surface area contributed by atoms with Gasteiger partial charge in [-0.1, -0.05) is 30.3 Å². The van der Waals surface area contributed by atoms with Crippen LogP contribution >= 0.6 is 0 Å². The molecule has 5 rings (SSSR count). The predicted octanol–water partition coefficient (Wildman–Crippen LogP) is 5.21. The van der Waals surface area contributed by atoms with Crippen molar-refractivity contribution >= 4 is 26.8 Å². The summed E-state index contributed by atoms with van der Waals surface area (Å²) in [5, 5.41) is 3.49. The Kier molecular flexibility index (Phi) is 5.51. The van der Waals surface area contributed by atoms with Crippen molar-refractivity contribution in [2.75, 3.05) is 0 Å². The maximum Gasteiger partial charge on any atom is 0.268 e. The number of nitrogens with zero attached hydrogens (tertiary/aromatic N) is 1. The zero-order valence-electron chi connectivity index (χ0n) is 17.8. The van der Waals surface area contributed by atoms with Crippen LogP contribution in [0.1, 0.15) is 15.9 Å². The van der Waals surface area contributed by atoms with E-state index in [4.69, 9.17) is 4.42 Å².